The number of carbonyl (C=O) groups excluding carboxylic acids is 2. The molecule has 144 valence electrons. The molecule has 5 heteroatoms. The molecule has 2 unspecified atom stereocenters. The fourth-order valence-corrected chi connectivity index (χ4v) is 2.95. The zero-order chi connectivity index (χ0) is 19.8. The lowest BCUT2D eigenvalue weighted by molar-refractivity contribution is -0.130. The van der Waals surface area contributed by atoms with E-state index in [0.717, 1.165) is 16.9 Å². The van der Waals surface area contributed by atoms with Gasteiger partial charge in [0.15, 0.2) is 0 Å². The van der Waals surface area contributed by atoms with Crippen molar-refractivity contribution in [2.45, 2.75) is 39.3 Å². The predicted octanol–water partition coefficient (Wildman–Crippen LogP) is 3.26. The van der Waals surface area contributed by atoms with E-state index >= 15 is 0 Å². The number of ether oxygens (including phenoxy) is 1. The number of benzene rings is 2. The van der Waals surface area contributed by atoms with E-state index in [1.807, 2.05) is 75.4 Å². The Labute approximate surface area is 161 Å². The van der Waals surface area contributed by atoms with Crippen molar-refractivity contribution in [2.75, 3.05) is 7.11 Å². The summed E-state index contributed by atoms with van der Waals surface area (Å²) in [6, 6.07) is 16.2. The third kappa shape index (κ3) is 5.84. The zero-order valence-corrected chi connectivity index (χ0v) is 16.4. The lowest BCUT2D eigenvalue weighted by Crippen LogP contribution is -2.50. The Morgan fingerprint density at radius 3 is 2.19 bits per heavy atom. The van der Waals surface area contributed by atoms with Gasteiger partial charge in [0.25, 0.3) is 0 Å². The fourth-order valence-electron chi connectivity index (χ4n) is 2.95. The molecule has 2 aromatic carbocycles. The molecule has 2 aromatic rings. The van der Waals surface area contributed by atoms with E-state index < -0.39 is 6.04 Å². The second kappa shape index (κ2) is 9.76. The first-order chi connectivity index (χ1) is 12.9. The molecule has 0 saturated carbocycles. The Hall–Kier alpha value is -2.82. The van der Waals surface area contributed by atoms with Crippen molar-refractivity contribution < 1.29 is 14.3 Å². The number of hydrogen-bond acceptors (Lipinski definition) is 3. The molecule has 2 N–H and O–H groups in total. The Morgan fingerprint density at radius 2 is 1.56 bits per heavy atom. The molecule has 0 fully saturated rings. The molecule has 27 heavy (non-hydrogen) atoms. The molecular weight excluding hydrogens is 340 g/mol. The Bertz CT molecular complexity index is 759. The summed E-state index contributed by atoms with van der Waals surface area (Å²) < 4.78 is 5.37. The van der Waals surface area contributed by atoms with Crippen LogP contribution in [-0.2, 0) is 16.0 Å². The average Bonchev–Trinajstić information content (AvgIpc) is 2.66. The van der Waals surface area contributed by atoms with Crippen LogP contribution in [0.3, 0.4) is 0 Å². The summed E-state index contributed by atoms with van der Waals surface area (Å²) in [5.74, 6) is 0.318. The van der Waals surface area contributed by atoms with Crippen LogP contribution in [0.15, 0.2) is 54.6 Å². The molecule has 0 heterocycles. The molecule has 2 rings (SSSR count). The first-order valence-electron chi connectivity index (χ1n) is 9.19. The van der Waals surface area contributed by atoms with Gasteiger partial charge in [-0.3, -0.25) is 9.59 Å². The topological polar surface area (TPSA) is 67.4 Å². The van der Waals surface area contributed by atoms with E-state index in [2.05, 4.69) is 10.6 Å². The summed E-state index contributed by atoms with van der Waals surface area (Å²) >= 11 is 0. The van der Waals surface area contributed by atoms with Crippen LogP contribution in [-0.4, -0.2) is 25.0 Å². The van der Waals surface area contributed by atoms with Crippen molar-refractivity contribution in [1.29, 1.82) is 0 Å². The van der Waals surface area contributed by atoms with E-state index in [9.17, 15) is 9.59 Å². The summed E-state index contributed by atoms with van der Waals surface area (Å²) in [6.07, 6.45) is 0.249. The number of carbonyl (C=O) groups is 2. The maximum atomic E-state index is 12.8. The number of methoxy groups -OCH3 is 1. The molecule has 0 radical (unpaired) electrons. The van der Waals surface area contributed by atoms with Crippen LogP contribution >= 0.6 is 0 Å². The molecule has 0 spiro atoms. The van der Waals surface area contributed by atoms with E-state index in [0.29, 0.717) is 0 Å². The van der Waals surface area contributed by atoms with Gasteiger partial charge in [0, 0.05) is 5.56 Å². The molecule has 0 saturated heterocycles. The van der Waals surface area contributed by atoms with Crippen LogP contribution in [0.4, 0.5) is 0 Å². The molecule has 0 bridgehead atoms. The van der Waals surface area contributed by atoms with Crippen LogP contribution in [0.2, 0.25) is 0 Å². The van der Waals surface area contributed by atoms with E-state index in [1.54, 1.807) is 7.11 Å². The van der Waals surface area contributed by atoms with Crippen molar-refractivity contribution in [3.63, 3.8) is 0 Å². The number of nitrogens with one attached hydrogen (secondary N) is 2. The lowest BCUT2D eigenvalue weighted by Gasteiger charge is -2.25. The maximum Gasteiger partial charge on any atom is 0.243 e. The highest BCUT2D eigenvalue weighted by atomic mass is 16.5. The second-order valence-electron chi connectivity index (χ2n) is 6.92. The first kappa shape index (κ1) is 20.5. The summed E-state index contributed by atoms with van der Waals surface area (Å²) in [4.78, 5) is 25.2. The van der Waals surface area contributed by atoms with Crippen molar-refractivity contribution in [2.24, 2.45) is 5.92 Å². The normalized spacial score (nSPS) is 12.9. The van der Waals surface area contributed by atoms with Crippen molar-refractivity contribution in [1.82, 2.24) is 10.6 Å². The van der Waals surface area contributed by atoms with Crippen molar-refractivity contribution >= 4 is 11.8 Å². The molecular formula is C22H28N2O3. The van der Waals surface area contributed by atoms with Gasteiger partial charge in [0.05, 0.1) is 19.6 Å². The highest BCUT2D eigenvalue weighted by Crippen LogP contribution is 2.24. The second-order valence-corrected chi connectivity index (χ2v) is 6.92. The zero-order valence-electron chi connectivity index (χ0n) is 16.4. The predicted molar refractivity (Wildman–Crippen MR) is 106 cm³/mol. The third-order valence-corrected chi connectivity index (χ3v) is 4.44. The number of rotatable bonds is 8. The first-order valence-corrected chi connectivity index (χ1v) is 9.19. The van der Waals surface area contributed by atoms with E-state index in [4.69, 9.17) is 4.74 Å². The van der Waals surface area contributed by atoms with Gasteiger partial charge < -0.3 is 15.4 Å². The maximum absolute atomic E-state index is 12.8. The smallest absolute Gasteiger partial charge is 0.243 e. The van der Waals surface area contributed by atoms with Gasteiger partial charge in [-0.05, 0) is 24.5 Å². The van der Waals surface area contributed by atoms with Crippen molar-refractivity contribution in [3.8, 4) is 5.75 Å². The highest BCUT2D eigenvalue weighted by Gasteiger charge is 2.26. The molecule has 2 amide bonds. The Morgan fingerprint density at radius 1 is 0.926 bits per heavy atom. The number of amides is 2. The number of hydrogen-bond donors (Lipinski definition) is 2. The molecule has 0 aliphatic heterocycles. The third-order valence-electron chi connectivity index (χ3n) is 4.44. The van der Waals surface area contributed by atoms with Gasteiger partial charge in [-0.2, -0.15) is 0 Å². The van der Waals surface area contributed by atoms with Gasteiger partial charge >= 0.3 is 0 Å². The SMILES string of the molecule is COc1ccccc1C(C)NC(=O)C(NC(=O)Cc1ccccc1)C(C)C. The van der Waals surface area contributed by atoms with Gasteiger partial charge in [-0.1, -0.05) is 62.4 Å². The van der Waals surface area contributed by atoms with E-state index in [1.165, 1.54) is 0 Å². The summed E-state index contributed by atoms with van der Waals surface area (Å²) in [5.41, 5.74) is 1.81. The molecule has 0 aliphatic rings. The van der Waals surface area contributed by atoms with Gasteiger partial charge in [-0.15, -0.1) is 0 Å². The molecule has 0 aromatic heterocycles. The average molecular weight is 368 g/mol. The van der Waals surface area contributed by atoms with Gasteiger partial charge in [-0.25, -0.2) is 0 Å². The quantitative estimate of drug-likeness (QED) is 0.752. The number of para-hydroxylation sites is 1. The van der Waals surface area contributed by atoms with Gasteiger partial charge in [0.1, 0.15) is 11.8 Å². The standard InChI is InChI=1S/C22H28N2O3/c1-15(2)21(24-20(25)14-17-10-6-5-7-11-17)22(26)23-16(3)18-12-8-9-13-19(18)27-4/h5-13,15-16,21H,14H2,1-4H3,(H,23,26)(H,24,25). The van der Waals surface area contributed by atoms with Crippen LogP contribution in [0.5, 0.6) is 5.75 Å². The molecule has 2 atom stereocenters. The summed E-state index contributed by atoms with van der Waals surface area (Å²) in [6.45, 7) is 5.74. The van der Waals surface area contributed by atoms with Crippen LogP contribution in [0.1, 0.15) is 37.9 Å². The largest absolute Gasteiger partial charge is 0.496 e. The minimum absolute atomic E-state index is 0.0328. The molecule has 0 aliphatic carbocycles. The highest BCUT2D eigenvalue weighted by molar-refractivity contribution is 5.88. The van der Waals surface area contributed by atoms with Crippen molar-refractivity contribution in [3.05, 3.63) is 65.7 Å². The van der Waals surface area contributed by atoms with Crippen LogP contribution in [0, 0.1) is 5.92 Å². The van der Waals surface area contributed by atoms with Crippen LogP contribution in [0.25, 0.3) is 0 Å². The monoisotopic (exact) mass is 368 g/mol. The Balaban J connectivity index is 2.02. The minimum atomic E-state index is -0.599. The minimum Gasteiger partial charge on any atom is -0.496 e. The fraction of sp³-hybridized carbons (Fsp3) is 0.364. The van der Waals surface area contributed by atoms with Crippen LogP contribution < -0.4 is 15.4 Å². The summed E-state index contributed by atoms with van der Waals surface area (Å²) in [5, 5.41) is 5.86. The summed E-state index contributed by atoms with van der Waals surface area (Å²) in [7, 11) is 1.61. The lowest BCUT2D eigenvalue weighted by atomic mass is 10.0. The Kier molecular flexibility index (Phi) is 7.41. The van der Waals surface area contributed by atoms with Gasteiger partial charge in [0.2, 0.25) is 11.8 Å². The molecule has 5 nitrogen and oxygen atoms in total. The van der Waals surface area contributed by atoms with E-state index in [-0.39, 0.29) is 30.2 Å².